The topological polar surface area (TPSA) is 15.3 Å². The van der Waals surface area contributed by atoms with E-state index in [1.807, 2.05) is 12.1 Å². The molecule has 4 rings (SSSR count). The van der Waals surface area contributed by atoms with Gasteiger partial charge in [-0.3, -0.25) is 0 Å². The van der Waals surface area contributed by atoms with Crippen molar-refractivity contribution in [2.75, 3.05) is 25.0 Å². The number of nitrogens with zero attached hydrogens (tertiary/aromatic N) is 1. The number of rotatable bonds is 2. The maximum atomic E-state index is 13.5. The van der Waals surface area contributed by atoms with Crippen molar-refractivity contribution in [3.63, 3.8) is 0 Å². The maximum Gasteiger partial charge on any atom is 0.146 e. The molecule has 86 valence electrons. The molecule has 1 aromatic carbocycles. The van der Waals surface area contributed by atoms with Crippen molar-refractivity contribution < 1.29 is 4.39 Å². The first kappa shape index (κ1) is 10.1. The van der Waals surface area contributed by atoms with Gasteiger partial charge in [-0.15, -0.1) is 0 Å². The average molecular weight is 220 g/mol. The van der Waals surface area contributed by atoms with Crippen LogP contribution in [0.3, 0.4) is 0 Å². The van der Waals surface area contributed by atoms with Crippen molar-refractivity contribution in [1.82, 2.24) is 4.90 Å². The van der Waals surface area contributed by atoms with Crippen LogP contribution >= 0.6 is 0 Å². The Hall–Kier alpha value is -1.09. The zero-order chi connectivity index (χ0) is 11.0. The summed E-state index contributed by atoms with van der Waals surface area (Å²) in [6, 6.07) is 7.39. The van der Waals surface area contributed by atoms with Crippen LogP contribution < -0.4 is 5.32 Å². The summed E-state index contributed by atoms with van der Waals surface area (Å²) in [4.78, 5) is 2.47. The molecular formula is C13H17FN2. The van der Waals surface area contributed by atoms with Gasteiger partial charge in [-0.2, -0.15) is 0 Å². The second-order valence-electron chi connectivity index (χ2n) is 4.87. The van der Waals surface area contributed by atoms with E-state index in [1.54, 1.807) is 6.07 Å². The van der Waals surface area contributed by atoms with Crippen LogP contribution in [0.25, 0.3) is 0 Å². The van der Waals surface area contributed by atoms with E-state index in [1.165, 1.54) is 32.0 Å². The normalized spacial score (nSPS) is 32.7. The van der Waals surface area contributed by atoms with Crippen LogP contribution in [0.2, 0.25) is 0 Å². The molecule has 1 unspecified atom stereocenters. The van der Waals surface area contributed by atoms with Gasteiger partial charge in [-0.1, -0.05) is 12.1 Å². The van der Waals surface area contributed by atoms with Crippen molar-refractivity contribution in [2.45, 2.75) is 18.9 Å². The zero-order valence-electron chi connectivity index (χ0n) is 9.32. The molecule has 0 amide bonds. The average Bonchev–Trinajstić information content (AvgIpc) is 2.34. The Balaban J connectivity index is 1.73. The molecule has 0 spiro atoms. The van der Waals surface area contributed by atoms with Gasteiger partial charge in [0.25, 0.3) is 0 Å². The third-order valence-corrected chi connectivity index (χ3v) is 3.87. The smallest absolute Gasteiger partial charge is 0.146 e. The van der Waals surface area contributed by atoms with E-state index in [4.69, 9.17) is 0 Å². The van der Waals surface area contributed by atoms with Gasteiger partial charge in [0, 0.05) is 12.6 Å². The predicted molar refractivity (Wildman–Crippen MR) is 63.0 cm³/mol. The number of benzene rings is 1. The first-order valence-corrected chi connectivity index (χ1v) is 6.06. The molecule has 2 nitrogen and oxygen atoms in total. The number of nitrogens with one attached hydrogen (secondary N) is 1. The summed E-state index contributed by atoms with van der Waals surface area (Å²) in [6.45, 7) is 3.51. The first-order valence-electron chi connectivity index (χ1n) is 6.06. The molecule has 0 aliphatic carbocycles. The summed E-state index contributed by atoms with van der Waals surface area (Å²) in [5.74, 6) is 0.587. The van der Waals surface area contributed by atoms with Gasteiger partial charge in [0.15, 0.2) is 0 Å². The number of hydrogen-bond donors (Lipinski definition) is 1. The number of halogens is 1. The van der Waals surface area contributed by atoms with Crippen LogP contribution in [0, 0.1) is 11.7 Å². The monoisotopic (exact) mass is 220 g/mol. The van der Waals surface area contributed by atoms with Crippen molar-refractivity contribution in [3.8, 4) is 0 Å². The van der Waals surface area contributed by atoms with E-state index in [2.05, 4.69) is 10.2 Å². The number of para-hydroxylation sites is 1. The molecule has 3 saturated heterocycles. The Morgan fingerprint density at radius 3 is 2.56 bits per heavy atom. The van der Waals surface area contributed by atoms with Crippen LogP contribution in [0.4, 0.5) is 10.1 Å². The molecule has 1 aromatic rings. The van der Waals surface area contributed by atoms with Crippen molar-refractivity contribution in [2.24, 2.45) is 5.92 Å². The highest BCUT2D eigenvalue weighted by atomic mass is 19.1. The molecule has 1 N–H and O–H groups in total. The van der Waals surface area contributed by atoms with Crippen LogP contribution in [0.1, 0.15) is 12.8 Å². The molecular weight excluding hydrogens is 203 g/mol. The molecule has 0 radical (unpaired) electrons. The Morgan fingerprint density at radius 2 is 1.94 bits per heavy atom. The Morgan fingerprint density at radius 1 is 1.19 bits per heavy atom. The van der Waals surface area contributed by atoms with Crippen LogP contribution in [-0.4, -0.2) is 30.6 Å². The fourth-order valence-corrected chi connectivity index (χ4v) is 2.91. The molecule has 1 atom stereocenters. The van der Waals surface area contributed by atoms with Gasteiger partial charge in [-0.05, 0) is 44.0 Å². The molecule has 3 heteroatoms. The van der Waals surface area contributed by atoms with Gasteiger partial charge in [0.1, 0.15) is 5.82 Å². The van der Waals surface area contributed by atoms with E-state index >= 15 is 0 Å². The molecule has 2 bridgehead atoms. The van der Waals surface area contributed by atoms with Gasteiger partial charge in [0.05, 0.1) is 5.69 Å². The highest BCUT2D eigenvalue weighted by Crippen LogP contribution is 2.30. The Bertz CT molecular complexity index is 372. The summed E-state index contributed by atoms with van der Waals surface area (Å²) in [5.41, 5.74) is 0.654. The Kier molecular flexibility index (Phi) is 2.56. The third-order valence-electron chi connectivity index (χ3n) is 3.87. The summed E-state index contributed by atoms with van der Waals surface area (Å²) in [6.07, 6.45) is 2.51. The number of hydrogen-bond acceptors (Lipinski definition) is 2. The second kappa shape index (κ2) is 4.06. The lowest BCUT2D eigenvalue weighted by Crippen LogP contribution is -2.53. The number of anilines is 1. The molecule has 0 saturated carbocycles. The van der Waals surface area contributed by atoms with Gasteiger partial charge in [-0.25, -0.2) is 4.39 Å². The second-order valence-corrected chi connectivity index (χ2v) is 4.87. The molecule has 16 heavy (non-hydrogen) atoms. The lowest BCUT2D eigenvalue weighted by molar-refractivity contribution is 0.0974. The van der Waals surface area contributed by atoms with Crippen LogP contribution in [-0.2, 0) is 0 Å². The quantitative estimate of drug-likeness (QED) is 0.823. The summed E-state index contributed by atoms with van der Waals surface area (Å²) in [7, 11) is 0. The minimum atomic E-state index is -0.140. The SMILES string of the molecule is Fc1ccccc1NC1CN2CCC1CC2. The lowest BCUT2D eigenvalue weighted by atomic mass is 9.84. The largest absolute Gasteiger partial charge is 0.378 e. The fourth-order valence-electron chi connectivity index (χ4n) is 2.91. The summed E-state index contributed by atoms with van der Waals surface area (Å²) in [5, 5.41) is 3.36. The predicted octanol–water partition coefficient (Wildman–Crippen LogP) is 2.33. The van der Waals surface area contributed by atoms with E-state index in [9.17, 15) is 4.39 Å². The van der Waals surface area contributed by atoms with Gasteiger partial charge in [0.2, 0.25) is 0 Å². The lowest BCUT2D eigenvalue weighted by Gasteiger charge is -2.45. The fraction of sp³-hybridized carbons (Fsp3) is 0.538. The minimum Gasteiger partial charge on any atom is -0.378 e. The van der Waals surface area contributed by atoms with Gasteiger partial charge >= 0.3 is 0 Å². The first-order chi connectivity index (χ1) is 7.83. The van der Waals surface area contributed by atoms with Crippen molar-refractivity contribution in [1.29, 1.82) is 0 Å². The molecule has 0 aromatic heterocycles. The number of fused-ring (bicyclic) bond motifs is 3. The van der Waals surface area contributed by atoms with E-state index in [-0.39, 0.29) is 5.82 Å². The molecule has 3 heterocycles. The van der Waals surface area contributed by atoms with Crippen molar-refractivity contribution in [3.05, 3.63) is 30.1 Å². The molecule has 3 aliphatic heterocycles. The molecule has 3 aliphatic rings. The minimum absolute atomic E-state index is 0.140. The van der Waals surface area contributed by atoms with Crippen LogP contribution in [0.5, 0.6) is 0 Å². The zero-order valence-corrected chi connectivity index (χ0v) is 9.32. The Labute approximate surface area is 95.4 Å². The van der Waals surface area contributed by atoms with Crippen molar-refractivity contribution >= 4 is 5.69 Å². The van der Waals surface area contributed by atoms with E-state index in [0.29, 0.717) is 11.7 Å². The molecule has 3 fully saturated rings. The summed E-state index contributed by atoms with van der Waals surface area (Å²) >= 11 is 0. The highest BCUT2D eigenvalue weighted by Gasteiger charge is 2.34. The highest BCUT2D eigenvalue weighted by molar-refractivity contribution is 5.45. The van der Waals surface area contributed by atoms with E-state index in [0.717, 1.165) is 12.5 Å². The van der Waals surface area contributed by atoms with E-state index < -0.39 is 0 Å². The number of piperidine rings is 3. The standard InChI is InChI=1S/C13H17FN2/c14-11-3-1-2-4-12(11)15-13-9-16-7-5-10(13)6-8-16/h1-4,10,13,15H,5-9H2. The third kappa shape index (κ3) is 1.80. The van der Waals surface area contributed by atoms with Gasteiger partial charge < -0.3 is 10.2 Å². The van der Waals surface area contributed by atoms with Crippen LogP contribution in [0.15, 0.2) is 24.3 Å². The maximum absolute atomic E-state index is 13.5. The summed E-state index contributed by atoms with van der Waals surface area (Å²) < 4.78 is 13.5.